The van der Waals surface area contributed by atoms with E-state index in [-0.39, 0.29) is 29.0 Å². The Kier molecular flexibility index (Phi) is 5.56. The van der Waals surface area contributed by atoms with Crippen molar-refractivity contribution in [2.45, 2.75) is 57.7 Å². The normalized spacial score (nSPS) is 20.6. The molecule has 0 unspecified atom stereocenters. The molecule has 3 N–H and O–H groups in total. The molecule has 0 spiro atoms. The molecule has 1 aliphatic heterocycles. The monoisotopic (exact) mass is 351 g/mol. The fraction of sp³-hybridized carbons (Fsp3) is 0.556. The van der Waals surface area contributed by atoms with Gasteiger partial charge in [-0.2, -0.15) is 0 Å². The first-order valence-corrected chi connectivity index (χ1v) is 8.63. The quantitative estimate of drug-likeness (QED) is 0.377. The highest BCUT2D eigenvalue weighted by Crippen LogP contribution is 2.30. The van der Waals surface area contributed by atoms with Crippen molar-refractivity contribution >= 4 is 29.1 Å². The topological polar surface area (TPSA) is 76.7 Å². The van der Waals surface area contributed by atoms with E-state index in [1.54, 1.807) is 24.3 Å². The molecule has 1 saturated heterocycles. The molecule has 1 fully saturated rings. The number of alkyl halides is 1. The minimum atomic E-state index is -0.311. The van der Waals surface area contributed by atoms with Crippen molar-refractivity contribution in [3.63, 3.8) is 0 Å². The molecule has 2 rings (SSSR count). The summed E-state index contributed by atoms with van der Waals surface area (Å²) in [7, 11) is 0. The van der Waals surface area contributed by atoms with Crippen LogP contribution in [-0.4, -0.2) is 34.9 Å². The number of halogens is 1. The largest absolute Gasteiger partial charge is 0.459 e. The Labute approximate surface area is 148 Å². The number of amidine groups is 1. The van der Waals surface area contributed by atoms with Crippen LogP contribution in [0.1, 0.15) is 50.9 Å². The number of hydrogen-bond donors (Lipinski definition) is 2. The van der Waals surface area contributed by atoms with Gasteiger partial charge in [-0.1, -0.05) is 0 Å². The second-order valence-corrected chi connectivity index (χ2v) is 7.88. The second kappa shape index (κ2) is 7.11. The van der Waals surface area contributed by atoms with Gasteiger partial charge in [0.1, 0.15) is 11.9 Å². The molecule has 0 aliphatic carbocycles. The van der Waals surface area contributed by atoms with E-state index < -0.39 is 0 Å². The Bertz CT molecular complexity index is 608. The van der Waals surface area contributed by atoms with Crippen LogP contribution >= 0.6 is 11.6 Å². The molecule has 0 atom stereocenters. The van der Waals surface area contributed by atoms with Gasteiger partial charge in [0, 0.05) is 23.9 Å². The number of nitrogens with two attached hydrogens (primary N) is 1. The Balaban J connectivity index is 2.04. The van der Waals surface area contributed by atoms with Crippen LogP contribution in [0.4, 0.5) is 5.69 Å². The number of carbonyl (C=O) groups is 1. The molecule has 0 aromatic heterocycles. The van der Waals surface area contributed by atoms with Gasteiger partial charge in [-0.15, -0.1) is 11.6 Å². The zero-order valence-electron chi connectivity index (χ0n) is 14.7. The predicted molar refractivity (Wildman–Crippen MR) is 98.2 cm³/mol. The molecule has 24 heavy (non-hydrogen) atoms. The highest BCUT2D eigenvalue weighted by Gasteiger charge is 2.39. The van der Waals surface area contributed by atoms with Crippen LogP contribution < -0.4 is 11.1 Å². The standard InChI is InChI=1S/C18H26ClN3O2/c1-17(2)9-14(10-18(3,4)22-17)24-16(23)12-5-7-13(8-6-12)21-15(20)11-19/h5-8,14,22H,9-11H2,1-4H3,(H2,20,21). The Morgan fingerprint density at radius 2 is 1.79 bits per heavy atom. The van der Waals surface area contributed by atoms with Crippen molar-refractivity contribution in [2.24, 2.45) is 10.7 Å². The zero-order valence-corrected chi connectivity index (χ0v) is 15.5. The van der Waals surface area contributed by atoms with Crippen LogP contribution in [0.3, 0.4) is 0 Å². The molecule has 0 bridgehead atoms. The van der Waals surface area contributed by atoms with Crippen molar-refractivity contribution in [3.8, 4) is 0 Å². The van der Waals surface area contributed by atoms with Gasteiger partial charge >= 0.3 is 5.97 Å². The summed E-state index contributed by atoms with van der Waals surface area (Å²) in [5.74, 6) is 0.200. The van der Waals surface area contributed by atoms with E-state index >= 15 is 0 Å². The molecular weight excluding hydrogens is 326 g/mol. The van der Waals surface area contributed by atoms with Gasteiger partial charge in [-0.05, 0) is 52.0 Å². The van der Waals surface area contributed by atoms with E-state index in [0.717, 1.165) is 12.8 Å². The summed E-state index contributed by atoms with van der Waals surface area (Å²) in [4.78, 5) is 16.5. The van der Waals surface area contributed by atoms with Crippen LogP contribution in [-0.2, 0) is 4.74 Å². The predicted octanol–water partition coefficient (Wildman–Crippen LogP) is 3.38. The Morgan fingerprint density at radius 3 is 2.29 bits per heavy atom. The third kappa shape index (κ3) is 5.21. The molecule has 1 aromatic rings. The zero-order chi connectivity index (χ0) is 18.0. The van der Waals surface area contributed by atoms with E-state index in [2.05, 4.69) is 38.0 Å². The van der Waals surface area contributed by atoms with Gasteiger partial charge in [-0.25, -0.2) is 9.79 Å². The van der Waals surface area contributed by atoms with E-state index in [0.29, 0.717) is 17.1 Å². The van der Waals surface area contributed by atoms with Crippen molar-refractivity contribution in [2.75, 3.05) is 5.88 Å². The average molecular weight is 352 g/mol. The lowest BCUT2D eigenvalue weighted by Crippen LogP contribution is -2.59. The number of carbonyl (C=O) groups excluding carboxylic acids is 1. The number of esters is 1. The summed E-state index contributed by atoms with van der Waals surface area (Å²) < 4.78 is 5.73. The van der Waals surface area contributed by atoms with Crippen molar-refractivity contribution in [1.29, 1.82) is 0 Å². The highest BCUT2D eigenvalue weighted by molar-refractivity contribution is 6.28. The van der Waals surface area contributed by atoms with Crippen molar-refractivity contribution in [3.05, 3.63) is 29.8 Å². The molecular formula is C18H26ClN3O2. The van der Waals surface area contributed by atoms with Crippen LogP contribution in [0.25, 0.3) is 0 Å². The number of aliphatic imine (C=N–C) groups is 1. The first kappa shape index (κ1) is 18.7. The molecule has 1 aromatic carbocycles. The number of nitrogens with zero attached hydrogens (tertiary/aromatic N) is 1. The summed E-state index contributed by atoms with van der Waals surface area (Å²) >= 11 is 5.60. The summed E-state index contributed by atoms with van der Waals surface area (Å²) in [6.07, 6.45) is 1.47. The lowest BCUT2D eigenvalue weighted by Gasteiger charge is -2.45. The SMILES string of the molecule is CC1(C)CC(OC(=O)c2ccc(N=C(N)CCl)cc2)CC(C)(C)N1. The maximum atomic E-state index is 12.4. The maximum Gasteiger partial charge on any atom is 0.338 e. The van der Waals surface area contributed by atoms with Gasteiger partial charge in [0.25, 0.3) is 0 Å². The maximum absolute atomic E-state index is 12.4. The number of hydrogen-bond acceptors (Lipinski definition) is 4. The highest BCUT2D eigenvalue weighted by atomic mass is 35.5. The number of rotatable bonds is 4. The third-order valence-corrected chi connectivity index (χ3v) is 4.21. The fourth-order valence-corrected chi connectivity index (χ4v) is 3.46. The van der Waals surface area contributed by atoms with Crippen LogP contribution in [0, 0.1) is 0 Å². The summed E-state index contributed by atoms with van der Waals surface area (Å²) in [6.45, 7) is 8.51. The Morgan fingerprint density at radius 1 is 1.25 bits per heavy atom. The fourth-order valence-electron chi connectivity index (χ4n) is 3.40. The molecule has 132 valence electrons. The van der Waals surface area contributed by atoms with Gasteiger partial charge in [0.2, 0.25) is 0 Å². The van der Waals surface area contributed by atoms with Crippen LogP contribution in [0.15, 0.2) is 29.3 Å². The number of piperidine rings is 1. The molecule has 1 aliphatic rings. The summed E-state index contributed by atoms with van der Waals surface area (Å²) in [5, 5.41) is 3.58. The van der Waals surface area contributed by atoms with Crippen molar-refractivity contribution in [1.82, 2.24) is 5.32 Å². The first-order chi connectivity index (χ1) is 11.1. The van der Waals surface area contributed by atoms with E-state index in [1.165, 1.54) is 0 Å². The Hall–Kier alpha value is -1.59. The van der Waals surface area contributed by atoms with E-state index in [4.69, 9.17) is 22.1 Å². The average Bonchev–Trinajstić information content (AvgIpc) is 2.44. The van der Waals surface area contributed by atoms with E-state index in [9.17, 15) is 4.79 Å². The van der Waals surface area contributed by atoms with Gasteiger partial charge in [0.15, 0.2) is 0 Å². The molecule has 5 nitrogen and oxygen atoms in total. The molecule has 0 amide bonds. The molecule has 0 saturated carbocycles. The first-order valence-electron chi connectivity index (χ1n) is 8.10. The minimum absolute atomic E-state index is 0.0651. The van der Waals surface area contributed by atoms with Crippen LogP contribution in [0.5, 0.6) is 0 Å². The van der Waals surface area contributed by atoms with Gasteiger partial charge < -0.3 is 15.8 Å². The van der Waals surface area contributed by atoms with Gasteiger partial charge in [-0.3, -0.25) is 0 Å². The van der Waals surface area contributed by atoms with Crippen molar-refractivity contribution < 1.29 is 9.53 Å². The number of benzene rings is 1. The molecule has 1 heterocycles. The lowest BCUT2D eigenvalue weighted by molar-refractivity contribution is -0.00637. The third-order valence-electron chi connectivity index (χ3n) is 3.94. The van der Waals surface area contributed by atoms with E-state index in [1.807, 2.05) is 0 Å². The number of nitrogens with one attached hydrogen (secondary N) is 1. The summed E-state index contributed by atoms with van der Waals surface area (Å²) in [5.41, 5.74) is 6.64. The van der Waals surface area contributed by atoms with Crippen LogP contribution in [0.2, 0.25) is 0 Å². The second-order valence-electron chi connectivity index (χ2n) is 7.61. The molecule has 0 radical (unpaired) electrons. The molecule has 6 heteroatoms. The minimum Gasteiger partial charge on any atom is -0.459 e. The summed E-state index contributed by atoms with van der Waals surface area (Å²) in [6, 6.07) is 6.85. The lowest BCUT2D eigenvalue weighted by atomic mass is 9.81. The van der Waals surface area contributed by atoms with Gasteiger partial charge in [0.05, 0.1) is 17.1 Å². The smallest absolute Gasteiger partial charge is 0.338 e. The number of ether oxygens (including phenoxy) is 1.